The summed E-state index contributed by atoms with van der Waals surface area (Å²) < 4.78 is 7.71. The van der Waals surface area contributed by atoms with Crippen LogP contribution >= 0.6 is 54.5 Å². The molecular weight excluding hydrogens is 524 g/mol. The van der Waals surface area contributed by atoms with Crippen LogP contribution in [0, 0.1) is 0 Å². The Balaban J connectivity index is 1.45. The molecular formula is C25H14Br2S2. The molecule has 0 aliphatic rings. The summed E-state index contributed by atoms with van der Waals surface area (Å²) in [5.41, 5.74) is 2.69. The Kier molecular flexibility index (Phi) is 4.31. The Hall–Kier alpha value is -1.72. The highest BCUT2D eigenvalue weighted by Crippen LogP contribution is 2.39. The number of rotatable bonds is 2. The maximum Gasteiger partial charge on any atom is 0.0359 e. The Morgan fingerprint density at radius 3 is 2.21 bits per heavy atom. The second-order valence-electron chi connectivity index (χ2n) is 7.29. The summed E-state index contributed by atoms with van der Waals surface area (Å²) in [7, 11) is 0. The SMILES string of the molecule is Brc1ccc2sc3cc(Cc4ccc5c(c4)sc4ccccc45)c(Br)cc3c2c1. The van der Waals surface area contributed by atoms with Crippen LogP contribution in [0.3, 0.4) is 0 Å². The van der Waals surface area contributed by atoms with Crippen molar-refractivity contribution < 1.29 is 0 Å². The van der Waals surface area contributed by atoms with Gasteiger partial charge in [0.05, 0.1) is 0 Å². The van der Waals surface area contributed by atoms with Gasteiger partial charge in [-0.15, -0.1) is 22.7 Å². The van der Waals surface area contributed by atoms with E-state index in [-0.39, 0.29) is 0 Å². The summed E-state index contributed by atoms with van der Waals surface area (Å²) in [5, 5.41) is 5.36. The minimum Gasteiger partial charge on any atom is -0.135 e. The molecule has 2 aromatic heterocycles. The predicted octanol–water partition coefficient (Wildman–Crippen LogP) is 9.54. The van der Waals surface area contributed by atoms with E-state index in [1.165, 1.54) is 55.9 Å². The van der Waals surface area contributed by atoms with E-state index in [4.69, 9.17) is 0 Å². The molecule has 0 aliphatic heterocycles. The Morgan fingerprint density at radius 1 is 0.586 bits per heavy atom. The van der Waals surface area contributed by atoms with Crippen LogP contribution in [0.4, 0.5) is 0 Å². The van der Waals surface area contributed by atoms with Crippen LogP contribution in [0.2, 0.25) is 0 Å². The molecule has 0 N–H and O–H groups in total. The number of benzene rings is 4. The van der Waals surface area contributed by atoms with Gasteiger partial charge < -0.3 is 0 Å². The van der Waals surface area contributed by atoms with Crippen molar-refractivity contribution in [3.05, 3.63) is 92.9 Å². The second kappa shape index (κ2) is 6.92. The van der Waals surface area contributed by atoms with Gasteiger partial charge in [0.1, 0.15) is 0 Å². The lowest BCUT2D eigenvalue weighted by Crippen LogP contribution is -1.89. The highest BCUT2D eigenvalue weighted by molar-refractivity contribution is 9.10. The predicted molar refractivity (Wildman–Crippen MR) is 137 cm³/mol. The van der Waals surface area contributed by atoms with E-state index in [1.807, 2.05) is 22.7 Å². The van der Waals surface area contributed by atoms with Gasteiger partial charge in [0.25, 0.3) is 0 Å². The fourth-order valence-electron chi connectivity index (χ4n) is 4.05. The van der Waals surface area contributed by atoms with E-state index >= 15 is 0 Å². The van der Waals surface area contributed by atoms with Crippen LogP contribution in [-0.2, 0) is 6.42 Å². The van der Waals surface area contributed by atoms with Crippen molar-refractivity contribution >= 4 is 94.9 Å². The van der Waals surface area contributed by atoms with E-state index in [2.05, 4.69) is 105 Å². The van der Waals surface area contributed by atoms with E-state index in [0.717, 1.165) is 10.9 Å². The maximum absolute atomic E-state index is 3.84. The van der Waals surface area contributed by atoms with Crippen LogP contribution in [0.15, 0.2) is 81.7 Å². The van der Waals surface area contributed by atoms with Crippen molar-refractivity contribution in [1.29, 1.82) is 0 Å². The normalized spacial score (nSPS) is 11.9. The van der Waals surface area contributed by atoms with E-state index in [1.54, 1.807) is 0 Å². The van der Waals surface area contributed by atoms with Crippen LogP contribution in [0.25, 0.3) is 40.3 Å². The number of hydrogen-bond donors (Lipinski definition) is 0. The summed E-state index contributed by atoms with van der Waals surface area (Å²) in [5.74, 6) is 0. The lowest BCUT2D eigenvalue weighted by molar-refractivity contribution is 1.20. The smallest absolute Gasteiger partial charge is 0.0359 e. The van der Waals surface area contributed by atoms with Gasteiger partial charge in [-0.25, -0.2) is 0 Å². The molecule has 2 heterocycles. The number of hydrogen-bond acceptors (Lipinski definition) is 2. The molecule has 0 nitrogen and oxygen atoms in total. The minimum atomic E-state index is 0.929. The van der Waals surface area contributed by atoms with Crippen LogP contribution in [-0.4, -0.2) is 0 Å². The first-order chi connectivity index (χ1) is 14.2. The molecule has 4 aromatic carbocycles. The van der Waals surface area contributed by atoms with E-state index < -0.39 is 0 Å². The molecule has 0 atom stereocenters. The molecule has 6 aromatic rings. The average molecular weight is 538 g/mol. The molecule has 0 bridgehead atoms. The first-order valence-corrected chi connectivity index (χ1v) is 12.6. The van der Waals surface area contributed by atoms with Gasteiger partial charge in [-0.3, -0.25) is 0 Å². The molecule has 0 aliphatic carbocycles. The van der Waals surface area contributed by atoms with Gasteiger partial charge in [-0.2, -0.15) is 0 Å². The van der Waals surface area contributed by atoms with Crippen LogP contribution < -0.4 is 0 Å². The van der Waals surface area contributed by atoms with Gasteiger partial charge in [0, 0.05) is 49.3 Å². The topological polar surface area (TPSA) is 0 Å². The quantitative estimate of drug-likeness (QED) is 0.206. The van der Waals surface area contributed by atoms with Crippen molar-refractivity contribution in [3.63, 3.8) is 0 Å². The molecule has 4 heteroatoms. The van der Waals surface area contributed by atoms with Gasteiger partial charge in [-0.1, -0.05) is 62.2 Å². The average Bonchev–Trinajstić information content (AvgIpc) is 3.25. The standard InChI is InChI=1S/C25H14Br2S2/c26-16-6-8-23-19(12-16)20-13-21(27)15(11-25(20)29-23)9-14-5-7-18-17-3-1-2-4-22(17)28-24(18)10-14/h1-8,10-13H,9H2. The number of thiophene rings is 2. The van der Waals surface area contributed by atoms with Crippen molar-refractivity contribution in [2.75, 3.05) is 0 Å². The fourth-order valence-corrected chi connectivity index (χ4v) is 7.19. The van der Waals surface area contributed by atoms with Gasteiger partial charge in [0.2, 0.25) is 0 Å². The first kappa shape index (κ1) is 18.1. The van der Waals surface area contributed by atoms with E-state index in [9.17, 15) is 0 Å². The monoisotopic (exact) mass is 536 g/mol. The number of halogens is 2. The third-order valence-electron chi connectivity index (χ3n) is 5.44. The maximum atomic E-state index is 3.84. The highest BCUT2D eigenvalue weighted by Gasteiger charge is 2.11. The second-order valence-corrected chi connectivity index (χ2v) is 11.2. The van der Waals surface area contributed by atoms with Gasteiger partial charge >= 0.3 is 0 Å². The zero-order chi connectivity index (χ0) is 19.5. The fraction of sp³-hybridized carbons (Fsp3) is 0.0400. The van der Waals surface area contributed by atoms with Gasteiger partial charge in [0.15, 0.2) is 0 Å². The van der Waals surface area contributed by atoms with Crippen molar-refractivity contribution in [2.24, 2.45) is 0 Å². The molecule has 0 radical (unpaired) electrons. The van der Waals surface area contributed by atoms with Crippen molar-refractivity contribution in [1.82, 2.24) is 0 Å². The molecule has 0 spiro atoms. The summed E-state index contributed by atoms with van der Waals surface area (Å²) in [6.07, 6.45) is 0.929. The Labute approximate surface area is 193 Å². The molecule has 0 saturated carbocycles. The van der Waals surface area contributed by atoms with E-state index in [0.29, 0.717) is 0 Å². The third-order valence-corrected chi connectivity index (χ3v) is 8.94. The summed E-state index contributed by atoms with van der Waals surface area (Å²) in [4.78, 5) is 0. The molecule has 29 heavy (non-hydrogen) atoms. The number of fused-ring (bicyclic) bond motifs is 6. The van der Waals surface area contributed by atoms with Crippen molar-refractivity contribution in [3.8, 4) is 0 Å². The Bertz CT molecular complexity index is 1560. The lowest BCUT2D eigenvalue weighted by atomic mass is 10.0. The highest BCUT2D eigenvalue weighted by atomic mass is 79.9. The minimum absolute atomic E-state index is 0.929. The Morgan fingerprint density at radius 2 is 1.31 bits per heavy atom. The largest absolute Gasteiger partial charge is 0.135 e. The molecule has 0 amide bonds. The molecule has 0 fully saturated rings. The molecule has 140 valence electrons. The molecule has 0 saturated heterocycles. The molecule has 6 rings (SSSR count). The summed E-state index contributed by atoms with van der Waals surface area (Å²) in [6.45, 7) is 0. The molecule has 0 unspecified atom stereocenters. The third kappa shape index (κ3) is 3.05. The first-order valence-electron chi connectivity index (χ1n) is 9.36. The lowest BCUT2D eigenvalue weighted by Gasteiger charge is -2.06. The van der Waals surface area contributed by atoms with Crippen LogP contribution in [0.1, 0.15) is 11.1 Å². The zero-order valence-electron chi connectivity index (χ0n) is 15.2. The van der Waals surface area contributed by atoms with Gasteiger partial charge in [-0.05, 0) is 60.0 Å². The summed E-state index contributed by atoms with van der Waals surface area (Å²) >= 11 is 11.2. The van der Waals surface area contributed by atoms with Crippen molar-refractivity contribution in [2.45, 2.75) is 6.42 Å². The van der Waals surface area contributed by atoms with Crippen LogP contribution in [0.5, 0.6) is 0 Å². The summed E-state index contributed by atoms with van der Waals surface area (Å²) in [6, 6.07) is 26.8. The zero-order valence-corrected chi connectivity index (χ0v) is 20.0.